The van der Waals surface area contributed by atoms with Gasteiger partial charge < -0.3 is 14.9 Å². The van der Waals surface area contributed by atoms with Crippen molar-refractivity contribution in [3.63, 3.8) is 0 Å². The number of fused-ring (bicyclic) bond motifs is 1. The summed E-state index contributed by atoms with van der Waals surface area (Å²) >= 11 is 0. The van der Waals surface area contributed by atoms with E-state index in [1.807, 2.05) is 6.08 Å². The van der Waals surface area contributed by atoms with Crippen LogP contribution in [0.3, 0.4) is 0 Å². The summed E-state index contributed by atoms with van der Waals surface area (Å²) in [5, 5.41) is 19.9. The third-order valence-electron chi connectivity index (χ3n) is 5.11. The molecular formula is C20H30F2O3. The molecule has 5 heteroatoms. The van der Waals surface area contributed by atoms with E-state index < -0.39 is 36.1 Å². The fraction of sp³-hybridized carbons (Fsp3) is 0.800. The highest BCUT2D eigenvalue weighted by atomic mass is 19.3. The first-order valence-corrected chi connectivity index (χ1v) is 9.52. The van der Waals surface area contributed by atoms with Gasteiger partial charge in [0.05, 0.1) is 11.7 Å². The van der Waals surface area contributed by atoms with E-state index >= 15 is 0 Å². The van der Waals surface area contributed by atoms with Crippen LogP contribution in [0.5, 0.6) is 0 Å². The van der Waals surface area contributed by atoms with Gasteiger partial charge in [-0.2, -0.15) is 8.78 Å². The molecule has 0 aromatic rings. The Bertz CT molecular complexity index is 521. The fourth-order valence-corrected chi connectivity index (χ4v) is 3.60. The zero-order valence-corrected chi connectivity index (χ0v) is 15.2. The van der Waals surface area contributed by atoms with Crippen LogP contribution >= 0.6 is 0 Å². The second-order valence-corrected chi connectivity index (χ2v) is 7.16. The lowest BCUT2D eigenvalue weighted by Crippen LogP contribution is -2.39. The Morgan fingerprint density at radius 1 is 1.28 bits per heavy atom. The number of hydrogen-bond acceptors (Lipinski definition) is 3. The van der Waals surface area contributed by atoms with E-state index in [0.717, 1.165) is 38.5 Å². The van der Waals surface area contributed by atoms with Gasteiger partial charge in [0.15, 0.2) is 6.10 Å². The average Bonchev–Trinajstić information content (AvgIpc) is 3.06. The predicted octanol–water partition coefficient (Wildman–Crippen LogP) is 4.04. The van der Waals surface area contributed by atoms with Crippen LogP contribution in [-0.4, -0.2) is 34.4 Å². The summed E-state index contributed by atoms with van der Waals surface area (Å²) < 4.78 is 34.1. The minimum atomic E-state index is -3.31. The lowest BCUT2D eigenvalue weighted by molar-refractivity contribution is -0.149. The van der Waals surface area contributed by atoms with Crippen molar-refractivity contribution in [1.82, 2.24) is 0 Å². The van der Waals surface area contributed by atoms with Crippen LogP contribution in [-0.2, 0) is 4.74 Å². The SMILES string of the molecule is CCCCC=C1C[C@H]2[C@@H](C#CC(O)CCCCC)[C@@H](O)C(F)(F)[C@@H]2O1. The molecule has 142 valence electrons. The van der Waals surface area contributed by atoms with Crippen molar-refractivity contribution in [2.45, 2.75) is 89.4 Å². The van der Waals surface area contributed by atoms with Crippen LogP contribution in [0.15, 0.2) is 11.8 Å². The number of halogens is 2. The Morgan fingerprint density at radius 2 is 2.00 bits per heavy atom. The van der Waals surface area contributed by atoms with Crippen molar-refractivity contribution in [2.75, 3.05) is 0 Å². The molecule has 25 heavy (non-hydrogen) atoms. The molecule has 1 saturated heterocycles. The molecule has 2 aliphatic rings. The second-order valence-electron chi connectivity index (χ2n) is 7.16. The summed E-state index contributed by atoms with van der Waals surface area (Å²) in [6.07, 6.45) is 4.57. The zero-order valence-electron chi connectivity index (χ0n) is 15.2. The zero-order chi connectivity index (χ0) is 18.4. The van der Waals surface area contributed by atoms with Crippen molar-refractivity contribution >= 4 is 0 Å². The molecular weight excluding hydrogens is 326 g/mol. The van der Waals surface area contributed by atoms with E-state index in [4.69, 9.17) is 4.74 Å². The van der Waals surface area contributed by atoms with Gasteiger partial charge in [-0.25, -0.2) is 0 Å². The highest BCUT2D eigenvalue weighted by molar-refractivity contribution is 5.23. The molecule has 1 heterocycles. The molecule has 0 aromatic carbocycles. The molecule has 0 amide bonds. The van der Waals surface area contributed by atoms with Gasteiger partial charge in [0.2, 0.25) is 0 Å². The maximum atomic E-state index is 14.3. The summed E-state index contributed by atoms with van der Waals surface area (Å²) in [4.78, 5) is 0. The summed E-state index contributed by atoms with van der Waals surface area (Å²) in [5.74, 6) is 1.30. The largest absolute Gasteiger partial charge is 0.488 e. The first-order valence-electron chi connectivity index (χ1n) is 9.52. The van der Waals surface area contributed by atoms with Gasteiger partial charge in [0.1, 0.15) is 12.2 Å². The van der Waals surface area contributed by atoms with Crippen molar-refractivity contribution in [2.24, 2.45) is 11.8 Å². The Balaban J connectivity index is 2.04. The molecule has 2 N–H and O–H groups in total. The molecule has 0 radical (unpaired) electrons. The minimum absolute atomic E-state index is 0.381. The van der Waals surface area contributed by atoms with E-state index in [0.29, 0.717) is 18.6 Å². The third-order valence-corrected chi connectivity index (χ3v) is 5.11. The van der Waals surface area contributed by atoms with E-state index in [-0.39, 0.29) is 0 Å². The molecule has 3 nitrogen and oxygen atoms in total. The topological polar surface area (TPSA) is 49.7 Å². The second kappa shape index (κ2) is 9.00. The Morgan fingerprint density at radius 3 is 2.68 bits per heavy atom. The maximum absolute atomic E-state index is 14.3. The Kier molecular flexibility index (Phi) is 7.27. The lowest BCUT2D eigenvalue weighted by Gasteiger charge is -2.21. The van der Waals surface area contributed by atoms with Crippen LogP contribution in [0.2, 0.25) is 0 Å². The summed E-state index contributed by atoms with van der Waals surface area (Å²) in [6, 6.07) is 0. The van der Waals surface area contributed by atoms with E-state index in [1.165, 1.54) is 0 Å². The minimum Gasteiger partial charge on any atom is -0.488 e. The van der Waals surface area contributed by atoms with E-state index in [1.54, 1.807) is 0 Å². The molecule has 2 fully saturated rings. The van der Waals surface area contributed by atoms with Gasteiger partial charge in [-0.3, -0.25) is 0 Å². The van der Waals surface area contributed by atoms with Gasteiger partial charge in [-0.05, 0) is 31.8 Å². The molecule has 1 aliphatic heterocycles. The fourth-order valence-electron chi connectivity index (χ4n) is 3.60. The normalized spacial score (nSPS) is 32.8. The van der Waals surface area contributed by atoms with Gasteiger partial charge in [-0.15, -0.1) is 0 Å². The van der Waals surface area contributed by atoms with Gasteiger partial charge >= 0.3 is 5.92 Å². The standard InChI is InChI=1S/C20H30F2O3/c1-3-5-7-9-14(23)11-12-16-17-13-15(10-8-6-4-2)25-19(17)20(21,22)18(16)24/h10,14,16-19,23-24H,3-9,13H2,1-2H3/t14?,16-,17+,18-,19-/m1/s1. The Hall–Kier alpha value is -1.12. The van der Waals surface area contributed by atoms with Crippen molar-refractivity contribution < 1.29 is 23.7 Å². The Labute approximate surface area is 149 Å². The third kappa shape index (κ3) is 4.74. The van der Waals surface area contributed by atoms with Crippen LogP contribution in [0.4, 0.5) is 8.78 Å². The number of aliphatic hydroxyl groups is 2. The van der Waals surface area contributed by atoms with E-state index in [9.17, 15) is 19.0 Å². The van der Waals surface area contributed by atoms with Crippen LogP contribution in [0.1, 0.15) is 65.2 Å². The number of allylic oxidation sites excluding steroid dienone is 2. The molecule has 0 bridgehead atoms. The highest BCUT2D eigenvalue weighted by Gasteiger charge is 2.66. The monoisotopic (exact) mass is 356 g/mol. The number of aliphatic hydroxyl groups excluding tert-OH is 2. The number of ether oxygens (including phenoxy) is 1. The number of unbranched alkanes of at least 4 members (excludes halogenated alkanes) is 4. The average molecular weight is 356 g/mol. The predicted molar refractivity (Wildman–Crippen MR) is 93.0 cm³/mol. The van der Waals surface area contributed by atoms with E-state index in [2.05, 4.69) is 25.7 Å². The first-order chi connectivity index (χ1) is 11.9. The summed E-state index contributed by atoms with van der Waals surface area (Å²) in [7, 11) is 0. The van der Waals surface area contributed by atoms with Gasteiger partial charge in [0, 0.05) is 12.3 Å². The number of rotatable bonds is 7. The van der Waals surface area contributed by atoms with Crippen molar-refractivity contribution in [3.05, 3.63) is 11.8 Å². The van der Waals surface area contributed by atoms with Crippen LogP contribution in [0, 0.1) is 23.7 Å². The molecule has 0 spiro atoms. The van der Waals surface area contributed by atoms with Crippen molar-refractivity contribution in [1.29, 1.82) is 0 Å². The molecule has 1 aliphatic carbocycles. The smallest absolute Gasteiger partial charge is 0.310 e. The van der Waals surface area contributed by atoms with Gasteiger partial charge in [-0.1, -0.05) is 45.0 Å². The maximum Gasteiger partial charge on any atom is 0.310 e. The molecule has 1 unspecified atom stereocenters. The quantitative estimate of drug-likeness (QED) is 0.535. The number of hydrogen-bond donors (Lipinski definition) is 2. The molecule has 2 rings (SSSR count). The summed E-state index contributed by atoms with van der Waals surface area (Å²) in [6.45, 7) is 4.14. The number of alkyl halides is 2. The molecule has 5 atom stereocenters. The van der Waals surface area contributed by atoms with Crippen LogP contribution < -0.4 is 0 Å². The first kappa shape index (κ1) is 20.2. The van der Waals surface area contributed by atoms with Gasteiger partial charge in [0.25, 0.3) is 0 Å². The lowest BCUT2D eigenvalue weighted by atomic mass is 9.91. The van der Waals surface area contributed by atoms with Crippen LogP contribution in [0.25, 0.3) is 0 Å². The molecule has 1 saturated carbocycles. The van der Waals surface area contributed by atoms with Crippen molar-refractivity contribution in [3.8, 4) is 11.8 Å². The highest BCUT2D eigenvalue weighted by Crippen LogP contribution is 2.52. The summed E-state index contributed by atoms with van der Waals surface area (Å²) in [5.41, 5.74) is 0. The molecule has 0 aromatic heterocycles.